The van der Waals surface area contributed by atoms with Crippen LogP contribution in [0.3, 0.4) is 0 Å². The lowest BCUT2D eigenvalue weighted by Gasteiger charge is -2.09. The van der Waals surface area contributed by atoms with E-state index in [2.05, 4.69) is 15.9 Å². The summed E-state index contributed by atoms with van der Waals surface area (Å²) in [6.45, 7) is 0. The minimum atomic E-state index is -4.25. The molecule has 2 aromatic carbocycles. The van der Waals surface area contributed by atoms with Crippen LogP contribution in [-0.2, 0) is 10.0 Å². The predicted octanol–water partition coefficient (Wildman–Crippen LogP) is 1.69. The van der Waals surface area contributed by atoms with E-state index in [9.17, 15) is 28.4 Å². The van der Waals surface area contributed by atoms with Crippen LogP contribution >= 0.6 is 15.9 Å². The van der Waals surface area contributed by atoms with Crippen molar-refractivity contribution in [3.05, 3.63) is 62.6 Å². The van der Waals surface area contributed by atoms with Crippen LogP contribution in [-0.4, -0.2) is 24.4 Å². The number of aromatic hydroxyl groups is 1. The summed E-state index contributed by atoms with van der Waals surface area (Å²) in [6.07, 6.45) is 0. The van der Waals surface area contributed by atoms with E-state index in [0.717, 1.165) is 16.6 Å². The zero-order chi connectivity index (χ0) is 17.9. The molecule has 0 atom stereocenters. The van der Waals surface area contributed by atoms with Gasteiger partial charge in [-0.1, -0.05) is 15.9 Å². The molecule has 0 radical (unpaired) electrons. The summed E-state index contributed by atoms with van der Waals surface area (Å²) in [6, 6.07) is 8.68. The third kappa shape index (κ3) is 4.07. The molecule has 1 amide bonds. The first-order valence-corrected chi connectivity index (χ1v) is 8.53. The maximum atomic E-state index is 12.1. The Bertz CT molecular complexity index is 898. The number of hydrazine groups is 1. The summed E-state index contributed by atoms with van der Waals surface area (Å²) in [7, 11) is -4.25. The van der Waals surface area contributed by atoms with E-state index in [0.29, 0.717) is 6.07 Å². The molecule has 0 unspecified atom stereocenters. The monoisotopic (exact) mass is 415 g/mol. The second-order valence-corrected chi connectivity index (χ2v) is 7.07. The first-order chi connectivity index (χ1) is 11.2. The molecule has 0 bridgehead atoms. The Morgan fingerprint density at radius 1 is 1.17 bits per heavy atom. The molecule has 0 saturated carbocycles. The maximum absolute atomic E-state index is 12.1. The Balaban J connectivity index is 2.17. The topological polar surface area (TPSA) is 139 Å². The summed E-state index contributed by atoms with van der Waals surface area (Å²) >= 11 is 3.20. The molecule has 9 nitrogen and oxygen atoms in total. The van der Waals surface area contributed by atoms with E-state index < -0.39 is 37.2 Å². The van der Waals surface area contributed by atoms with Crippen molar-refractivity contribution in [1.29, 1.82) is 0 Å². The smallest absolute Gasteiger partial charge is 0.312 e. The molecule has 0 aliphatic rings. The number of nitrogens with zero attached hydrogens (tertiary/aromatic N) is 1. The van der Waals surface area contributed by atoms with Gasteiger partial charge in [-0.15, -0.1) is 4.83 Å². The quantitative estimate of drug-likeness (QED) is 0.501. The number of carbonyl (C=O) groups is 1. The molecule has 24 heavy (non-hydrogen) atoms. The number of amides is 1. The molecule has 2 aromatic rings. The number of phenolic OH excluding ortho intramolecular Hbond substituents is 1. The molecule has 11 heteroatoms. The van der Waals surface area contributed by atoms with Crippen molar-refractivity contribution in [3.8, 4) is 5.75 Å². The van der Waals surface area contributed by atoms with Crippen molar-refractivity contribution in [2.45, 2.75) is 4.90 Å². The number of phenols is 1. The van der Waals surface area contributed by atoms with Crippen LogP contribution in [0.1, 0.15) is 10.4 Å². The standard InChI is InChI=1S/C13H10BrN3O6S/c14-9-3-1-8(2-4-9)13(19)15-16-24(22,23)10-5-6-12(18)11(7-10)17(20)21/h1-7,16,18H,(H,15,19). The van der Waals surface area contributed by atoms with Crippen LogP contribution in [0, 0.1) is 10.1 Å². The van der Waals surface area contributed by atoms with Crippen LogP contribution in [0.4, 0.5) is 5.69 Å². The molecule has 2 rings (SSSR count). The van der Waals surface area contributed by atoms with E-state index in [-0.39, 0.29) is 5.56 Å². The third-order valence-electron chi connectivity index (χ3n) is 2.86. The lowest BCUT2D eigenvalue weighted by Crippen LogP contribution is -2.41. The number of halogens is 1. The Hall–Kier alpha value is -2.50. The normalized spacial score (nSPS) is 11.0. The third-order valence-corrected chi connectivity index (χ3v) is 4.63. The molecular weight excluding hydrogens is 406 g/mol. The second kappa shape index (κ2) is 6.95. The number of benzene rings is 2. The summed E-state index contributed by atoms with van der Waals surface area (Å²) < 4.78 is 24.9. The SMILES string of the molecule is O=C(NNS(=O)(=O)c1ccc(O)c([N+](=O)[O-])c1)c1ccc(Br)cc1. The van der Waals surface area contributed by atoms with E-state index in [1.807, 2.05) is 10.3 Å². The average Bonchev–Trinajstić information content (AvgIpc) is 2.53. The first-order valence-electron chi connectivity index (χ1n) is 6.26. The molecule has 0 aromatic heterocycles. The van der Waals surface area contributed by atoms with Gasteiger partial charge in [0.2, 0.25) is 0 Å². The van der Waals surface area contributed by atoms with Crippen LogP contribution < -0.4 is 10.3 Å². The zero-order valence-corrected chi connectivity index (χ0v) is 14.2. The number of nitro groups is 1. The van der Waals surface area contributed by atoms with Gasteiger partial charge in [-0.05, 0) is 36.4 Å². The van der Waals surface area contributed by atoms with Gasteiger partial charge in [-0.25, -0.2) is 8.42 Å². The highest BCUT2D eigenvalue weighted by atomic mass is 79.9. The Morgan fingerprint density at radius 2 is 1.79 bits per heavy atom. The number of nitrogens with one attached hydrogen (secondary N) is 2. The minimum absolute atomic E-state index is 0.206. The first kappa shape index (κ1) is 17.8. The number of carbonyl (C=O) groups excluding carboxylic acids is 1. The van der Waals surface area contributed by atoms with Crippen LogP contribution in [0.5, 0.6) is 5.75 Å². The van der Waals surface area contributed by atoms with Gasteiger partial charge in [0.25, 0.3) is 15.9 Å². The number of rotatable bonds is 5. The molecule has 0 heterocycles. The summed E-state index contributed by atoms with van der Waals surface area (Å²) in [5.74, 6) is -1.38. The average molecular weight is 416 g/mol. The molecule has 0 fully saturated rings. The van der Waals surface area contributed by atoms with Gasteiger partial charge >= 0.3 is 5.69 Å². The molecule has 126 valence electrons. The Kier molecular flexibility index (Phi) is 5.17. The van der Waals surface area contributed by atoms with E-state index >= 15 is 0 Å². The van der Waals surface area contributed by atoms with Gasteiger partial charge in [0, 0.05) is 16.1 Å². The van der Waals surface area contributed by atoms with Crippen molar-refractivity contribution in [2.75, 3.05) is 0 Å². The zero-order valence-electron chi connectivity index (χ0n) is 11.8. The van der Waals surface area contributed by atoms with Crippen molar-refractivity contribution in [3.63, 3.8) is 0 Å². The van der Waals surface area contributed by atoms with Gasteiger partial charge in [0.05, 0.1) is 9.82 Å². The molecule has 0 spiro atoms. The highest BCUT2D eigenvalue weighted by Gasteiger charge is 2.21. The highest BCUT2D eigenvalue weighted by molar-refractivity contribution is 9.10. The van der Waals surface area contributed by atoms with E-state index in [4.69, 9.17) is 0 Å². The van der Waals surface area contributed by atoms with Crippen LogP contribution in [0.25, 0.3) is 0 Å². The Labute approximate surface area is 144 Å². The van der Waals surface area contributed by atoms with Gasteiger partial charge in [0.15, 0.2) is 5.75 Å². The van der Waals surface area contributed by atoms with Crippen LogP contribution in [0.15, 0.2) is 51.8 Å². The fourth-order valence-electron chi connectivity index (χ4n) is 1.66. The van der Waals surface area contributed by atoms with Gasteiger partial charge < -0.3 is 5.11 Å². The lowest BCUT2D eigenvalue weighted by molar-refractivity contribution is -0.386. The van der Waals surface area contributed by atoms with Crippen molar-refractivity contribution in [2.24, 2.45) is 0 Å². The number of sulfonamides is 1. The number of nitro benzene ring substituents is 1. The van der Waals surface area contributed by atoms with Crippen LogP contribution in [0.2, 0.25) is 0 Å². The Morgan fingerprint density at radius 3 is 2.38 bits per heavy atom. The molecule has 0 aliphatic heterocycles. The fourth-order valence-corrected chi connectivity index (χ4v) is 2.79. The summed E-state index contributed by atoms with van der Waals surface area (Å²) in [5.41, 5.74) is 1.44. The van der Waals surface area contributed by atoms with Crippen molar-refractivity contribution < 1.29 is 23.2 Å². The van der Waals surface area contributed by atoms with Crippen molar-refractivity contribution >= 4 is 37.5 Å². The van der Waals surface area contributed by atoms with E-state index in [1.54, 1.807) is 12.1 Å². The molecule has 0 aliphatic carbocycles. The van der Waals surface area contributed by atoms with Gasteiger partial charge in [-0.2, -0.15) is 0 Å². The number of hydrogen-bond donors (Lipinski definition) is 3. The predicted molar refractivity (Wildman–Crippen MR) is 86.7 cm³/mol. The summed E-state index contributed by atoms with van der Waals surface area (Å²) in [5, 5.41) is 20.1. The number of hydrogen-bond acceptors (Lipinski definition) is 6. The molecular formula is C13H10BrN3O6S. The van der Waals surface area contributed by atoms with Crippen molar-refractivity contribution in [1.82, 2.24) is 10.3 Å². The lowest BCUT2D eigenvalue weighted by atomic mass is 10.2. The fraction of sp³-hybridized carbons (Fsp3) is 0. The molecule has 3 N–H and O–H groups in total. The van der Waals surface area contributed by atoms with E-state index in [1.165, 1.54) is 12.1 Å². The maximum Gasteiger partial charge on any atom is 0.312 e. The largest absolute Gasteiger partial charge is 0.502 e. The minimum Gasteiger partial charge on any atom is -0.502 e. The second-order valence-electron chi connectivity index (χ2n) is 4.47. The van der Waals surface area contributed by atoms with Gasteiger partial charge in [-0.3, -0.25) is 20.3 Å². The highest BCUT2D eigenvalue weighted by Crippen LogP contribution is 2.27. The summed E-state index contributed by atoms with van der Waals surface area (Å²) in [4.78, 5) is 23.0. The molecule has 0 saturated heterocycles. The van der Waals surface area contributed by atoms with Gasteiger partial charge in [0.1, 0.15) is 0 Å².